The van der Waals surface area contributed by atoms with Crippen LogP contribution in [-0.4, -0.2) is 38.8 Å². The van der Waals surface area contributed by atoms with Gasteiger partial charge in [-0.2, -0.15) is 13.2 Å². The zero-order valence-electron chi connectivity index (χ0n) is 16.6. The molecule has 0 radical (unpaired) electrons. The van der Waals surface area contributed by atoms with Crippen LogP contribution in [0.5, 0.6) is 0 Å². The summed E-state index contributed by atoms with van der Waals surface area (Å²) in [6.07, 6.45) is -5.33. The molecule has 0 saturated carbocycles. The summed E-state index contributed by atoms with van der Waals surface area (Å²) < 4.78 is 71.7. The predicted molar refractivity (Wildman–Crippen MR) is 104 cm³/mol. The van der Waals surface area contributed by atoms with E-state index in [1.54, 1.807) is 26.0 Å². The second kappa shape index (κ2) is 8.65. The van der Waals surface area contributed by atoms with Gasteiger partial charge in [0.2, 0.25) is 0 Å². The molecule has 0 saturated heterocycles. The van der Waals surface area contributed by atoms with Crippen LogP contribution in [0.3, 0.4) is 0 Å². The molecule has 1 N–H and O–H groups in total. The second-order valence-corrected chi connectivity index (χ2v) is 8.32. The summed E-state index contributed by atoms with van der Waals surface area (Å²) in [6, 6.07) is 10.0. The molecule has 0 fully saturated rings. The first-order chi connectivity index (χ1) is 13.9. The number of anilines is 1. The van der Waals surface area contributed by atoms with Crippen molar-refractivity contribution in [3.63, 3.8) is 0 Å². The van der Waals surface area contributed by atoms with Gasteiger partial charge in [0, 0.05) is 12.1 Å². The summed E-state index contributed by atoms with van der Waals surface area (Å²) in [5.74, 6) is -1.86. The third-order valence-electron chi connectivity index (χ3n) is 4.45. The number of halogens is 3. The molecule has 30 heavy (non-hydrogen) atoms. The monoisotopic (exact) mass is 445 g/mol. The Morgan fingerprint density at radius 1 is 1.03 bits per heavy atom. The Hall–Kier alpha value is -2.59. The van der Waals surface area contributed by atoms with Crippen LogP contribution in [0.25, 0.3) is 0 Å². The van der Waals surface area contributed by atoms with Gasteiger partial charge in [-0.15, -0.1) is 0 Å². The highest BCUT2D eigenvalue weighted by atomic mass is 32.2. The van der Waals surface area contributed by atoms with Crippen LogP contribution >= 0.6 is 0 Å². The van der Waals surface area contributed by atoms with Gasteiger partial charge in [-0.25, -0.2) is 13.2 Å². The smallest absolute Gasteiger partial charge is 0.432 e. The van der Waals surface area contributed by atoms with Crippen molar-refractivity contribution >= 4 is 21.7 Å². The zero-order chi connectivity index (χ0) is 22.7. The van der Waals surface area contributed by atoms with Crippen molar-refractivity contribution in [3.8, 4) is 0 Å². The first-order valence-electron chi connectivity index (χ1n) is 9.05. The molecule has 0 heterocycles. The molecule has 164 valence electrons. The Bertz CT molecular complexity index is 989. The van der Waals surface area contributed by atoms with Crippen molar-refractivity contribution in [1.29, 1.82) is 0 Å². The van der Waals surface area contributed by atoms with E-state index in [0.717, 1.165) is 34.1 Å². The number of aliphatic hydroxyl groups is 1. The van der Waals surface area contributed by atoms with Crippen molar-refractivity contribution in [1.82, 2.24) is 0 Å². The largest absolute Gasteiger partial charge is 0.463 e. The Morgan fingerprint density at radius 3 is 2.00 bits per heavy atom. The first kappa shape index (κ1) is 23.7. The maximum atomic E-state index is 13.5. The minimum atomic E-state index is -5.33. The van der Waals surface area contributed by atoms with E-state index in [1.165, 1.54) is 19.1 Å². The average Bonchev–Trinajstić information content (AvgIpc) is 2.68. The summed E-state index contributed by atoms with van der Waals surface area (Å²) in [7, 11) is -3.97. The normalized spacial score (nSPS) is 14.1. The topological polar surface area (TPSA) is 83.9 Å². The molecule has 0 aliphatic heterocycles. The Balaban J connectivity index is 2.48. The van der Waals surface area contributed by atoms with Crippen LogP contribution < -0.4 is 4.31 Å². The Kier molecular flexibility index (Phi) is 6.83. The maximum Gasteiger partial charge on any atom is 0.432 e. The summed E-state index contributed by atoms with van der Waals surface area (Å²) in [5, 5.41) is 10.1. The van der Waals surface area contributed by atoms with Gasteiger partial charge in [0.15, 0.2) is 0 Å². The van der Waals surface area contributed by atoms with Crippen LogP contribution in [0.4, 0.5) is 18.9 Å². The van der Waals surface area contributed by atoms with Crippen LogP contribution in [-0.2, 0) is 25.2 Å². The predicted octanol–water partition coefficient (Wildman–Crippen LogP) is 3.52. The minimum Gasteiger partial charge on any atom is -0.463 e. The van der Waals surface area contributed by atoms with E-state index < -0.39 is 33.3 Å². The Labute approximate surface area is 172 Å². The molecule has 2 aromatic carbocycles. The van der Waals surface area contributed by atoms with Gasteiger partial charge >= 0.3 is 12.1 Å². The number of nitrogens with zero attached hydrogens (tertiary/aromatic N) is 1. The molecule has 0 unspecified atom stereocenters. The first-order valence-corrected chi connectivity index (χ1v) is 10.5. The summed E-state index contributed by atoms with van der Waals surface area (Å²) in [5.41, 5.74) is -3.70. The number of ether oxygens (including phenoxy) is 1. The number of carbonyl (C=O) groups is 1. The van der Waals surface area contributed by atoms with Crippen molar-refractivity contribution in [2.45, 2.75) is 37.4 Å². The molecular weight excluding hydrogens is 423 g/mol. The van der Waals surface area contributed by atoms with Crippen LogP contribution in [0.1, 0.15) is 25.0 Å². The molecule has 0 amide bonds. The van der Waals surface area contributed by atoms with Gasteiger partial charge < -0.3 is 9.84 Å². The maximum absolute atomic E-state index is 13.5. The van der Waals surface area contributed by atoms with Gasteiger partial charge in [-0.05, 0) is 45.0 Å². The lowest BCUT2D eigenvalue weighted by atomic mass is 9.93. The van der Waals surface area contributed by atoms with Gasteiger partial charge in [-0.1, -0.05) is 29.8 Å². The van der Waals surface area contributed by atoms with E-state index in [4.69, 9.17) is 0 Å². The van der Waals surface area contributed by atoms with Gasteiger partial charge in [0.05, 0.1) is 17.2 Å². The van der Waals surface area contributed by atoms with E-state index in [1.807, 2.05) is 0 Å². The van der Waals surface area contributed by atoms with Crippen LogP contribution in [0, 0.1) is 6.92 Å². The summed E-state index contributed by atoms with van der Waals surface area (Å²) in [4.78, 5) is 11.9. The number of alkyl halides is 3. The lowest BCUT2D eigenvalue weighted by Gasteiger charge is -2.29. The number of carbonyl (C=O) groups excluding carboxylic acids is 1. The number of rotatable bonds is 7. The fraction of sp³-hybridized carbons (Fsp3) is 0.350. The fourth-order valence-corrected chi connectivity index (χ4v) is 4.30. The van der Waals surface area contributed by atoms with E-state index in [0.29, 0.717) is 0 Å². The number of hydrogen-bond donors (Lipinski definition) is 1. The Morgan fingerprint density at radius 2 is 1.57 bits per heavy atom. The third kappa shape index (κ3) is 4.29. The summed E-state index contributed by atoms with van der Waals surface area (Å²) >= 11 is 0. The molecular formula is C20H22F3NO5S. The minimum absolute atomic E-state index is 0.0109. The van der Waals surface area contributed by atoms with Crippen LogP contribution in [0.2, 0.25) is 0 Å². The number of sulfonamides is 1. The van der Waals surface area contributed by atoms with E-state index >= 15 is 0 Å². The standard InChI is InChI=1S/C20H22F3NO5S/c1-4-24(30(27,28)17-12-6-14(3)7-13-17)16-10-8-15(9-11-16)19(26,20(21,22)23)18(25)29-5-2/h6-13,26H,4-5H2,1-3H3/t19-/m0/s1. The lowest BCUT2D eigenvalue weighted by molar-refractivity contribution is -0.267. The average molecular weight is 445 g/mol. The van der Waals surface area contributed by atoms with E-state index in [-0.39, 0.29) is 23.7 Å². The molecule has 0 aromatic heterocycles. The van der Waals surface area contributed by atoms with Crippen molar-refractivity contribution in [2.24, 2.45) is 0 Å². The highest BCUT2D eigenvalue weighted by Gasteiger charge is 2.62. The highest BCUT2D eigenvalue weighted by Crippen LogP contribution is 2.40. The summed E-state index contributed by atoms with van der Waals surface area (Å²) in [6.45, 7) is 4.35. The zero-order valence-corrected chi connectivity index (χ0v) is 17.4. The molecule has 0 aliphatic carbocycles. The van der Waals surface area contributed by atoms with E-state index in [9.17, 15) is 31.5 Å². The van der Waals surface area contributed by atoms with Gasteiger partial charge in [-0.3, -0.25) is 4.31 Å². The SMILES string of the molecule is CCOC(=O)[C@@](O)(c1ccc(N(CC)S(=O)(=O)c2ccc(C)cc2)cc1)C(F)(F)F. The van der Waals surface area contributed by atoms with Crippen molar-refractivity contribution in [2.75, 3.05) is 17.5 Å². The van der Waals surface area contributed by atoms with E-state index in [2.05, 4.69) is 4.74 Å². The van der Waals surface area contributed by atoms with Crippen molar-refractivity contribution in [3.05, 3.63) is 59.7 Å². The van der Waals surface area contributed by atoms with Gasteiger partial charge in [0.25, 0.3) is 15.6 Å². The quantitative estimate of drug-likeness (QED) is 0.660. The molecule has 0 bridgehead atoms. The van der Waals surface area contributed by atoms with Crippen LogP contribution in [0.15, 0.2) is 53.4 Å². The number of benzene rings is 2. The molecule has 6 nitrogen and oxygen atoms in total. The number of esters is 1. The molecule has 2 rings (SSSR count). The molecule has 10 heteroatoms. The molecule has 1 atom stereocenters. The highest BCUT2D eigenvalue weighted by molar-refractivity contribution is 7.92. The second-order valence-electron chi connectivity index (χ2n) is 6.46. The number of aryl methyl sites for hydroxylation is 1. The molecule has 0 aliphatic rings. The molecule has 2 aromatic rings. The van der Waals surface area contributed by atoms with Crippen molar-refractivity contribution < 1.29 is 36.2 Å². The molecule has 0 spiro atoms. The van der Waals surface area contributed by atoms with Gasteiger partial charge in [0.1, 0.15) is 0 Å². The fourth-order valence-electron chi connectivity index (χ4n) is 2.83. The third-order valence-corrected chi connectivity index (χ3v) is 6.37. The lowest BCUT2D eigenvalue weighted by Crippen LogP contribution is -2.50. The number of hydrogen-bond acceptors (Lipinski definition) is 5.